The summed E-state index contributed by atoms with van der Waals surface area (Å²) < 4.78 is 10.8. The number of halogens is 1. The van der Waals surface area contributed by atoms with E-state index in [9.17, 15) is 9.59 Å². The Morgan fingerprint density at radius 1 is 1.00 bits per heavy atom. The summed E-state index contributed by atoms with van der Waals surface area (Å²) in [6.07, 6.45) is 0.405. The van der Waals surface area contributed by atoms with Gasteiger partial charge in [0.05, 0.1) is 13.2 Å². The number of aromatic nitrogens is 2. The van der Waals surface area contributed by atoms with E-state index < -0.39 is 0 Å². The van der Waals surface area contributed by atoms with Crippen LogP contribution >= 0.6 is 11.6 Å². The molecule has 1 aliphatic rings. The van der Waals surface area contributed by atoms with Crippen molar-refractivity contribution in [2.75, 3.05) is 32.8 Å². The Hall–Kier alpha value is -3.23. The molecule has 1 saturated heterocycles. The normalized spacial score (nSPS) is 14.2. The van der Waals surface area contributed by atoms with Crippen molar-refractivity contribution in [1.82, 2.24) is 19.9 Å². The second-order valence-electron chi connectivity index (χ2n) is 8.06. The van der Waals surface area contributed by atoms with E-state index in [4.69, 9.17) is 20.9 Å². The summed E-state index contributed by atoms with van der Waals surface area (Å²) in [5.41, 5.74) is 1.44. The third-order valence-corrected chi connectivity index (χ3v) is 5.96. The van der Waals surface area contributed by atoms with Crippen LogP contribution in [0, 0.1) is 0 Å². The van der Waals surface area contributed by atoms with E-state index in [2.05, 4.69) is 15.0 Å². The zero-order valence-corrected chi connectivity index (χ0v) is 19.8. The largest absolute Gasteiger partial charge is 0.494 e. The number of nitrogens with zero attached hydrogens (tertiary/aromatic N) is 4. The Bertz CT molecular complexity index is 1110. The number of hydrogen-bond donors (Lipinski definition) is 0. The standard InChI is InChI=1S/C25H27ClN4O4/c1-2-33-21-9-5-18(6-10-21)22(31)11-12-24(32)30-15-13-29(14-16-30)17-23-27-25(28-34-23)19-3-7-20(26)8-4-19/h3-10H,2,11-17H2,1H3. The topological polar surface area (TPSA) is 88.8 Å². The predicted molar refractivity (Wildman–Crippen MR) is 128 cm³/mol. The number of ketones is 1. The van der Waals surface area contributed by atoms with Gasteiger partial charge in [-0.05, 0) is 55.5 Å². The summed E-state index contributed by atoms with van der Waals surface area (Å²) in [7, 11) is 0. The summed E-state index contributed by atoms with van der Waals surface area (Å²) in [5, 5.41) is 4.70. The number of piperazine rings is 1. The molecule has 1 aromatic heterocycles. The van der Waals surface area contributed by atoms with Crippen LogP contribution in [-0.4, -0.2) is 64.4 Å². The van der Waals surface area contributed by atoms with Crippen molar-refractivity contribution in [2.24, 2.45) is 0 Å². The molecular weight excluding hydrogens is 456 g/mol. The smallest absolute Gasteiger partial charge is 0.241 e. The molecule has 3 aromatic rings. The van der Waals surface area contributed by atoms with E-state index in [1.165, 1.54) is 0 Å². The van der Waals surface area contributed by atoms with Gasteiger partial charge in [0.1, 0.15) is 5.75 Å². The van der Waals surface area contributed by atoms with Crippen molar-refractivity contribution in [1.29, 1.82) is 0 Å². The number of rotatable bonds is 9. The van der Waals surface area contributed by atoms with Gasteiger partial charge in [-0.25, -0.2) is 0 Å². The zero-order chi connectivity index (χ0) is 23.9. The molecule has 8 nitrogen and oxygen atoms in total. The van der Waals surface area contributed by atoms with Crippen LogP contribution in [0.3, 0.4) is 0 Å². The molecule has 2 heterocycles. The lowest BCUT2D eigenvalue weighted by molar-refractivity contribution is -0.133. The molecule has 178 valence electrons. The Morgan fingerprint density at radius 3 is 2.38 bits per heavy atom. The van der Waals surface area contributed by atoms with E-state index in [1.807, 2.05) is 24.0 Å². The quantitative estimate of drug-likeness (QED) is 0.424. The van der Waals surface area contributed by atoms with Crippen molar-refractivity contribution in [2.45, 2.75) is 26.3 Å². The molecule has 1 aliphatic heterocycles. The average Bonchev–Trinajstić information content (AvgIpc) is 3.32. The Labute approximate surface area is 203 Å². The molecule has 1 amide bonds. The van der Waals surface area contributed by atoms with Crippen molar-refractivity contribution in [3.05, 3.63) is 65.0 Å². The summed E-state index contributed by atoms with van der Waals surface area (Å²) in [4.78, 5) is 33.5. The van der Waals surface area contributed by atoms with Crippen molar-refractivity contribution in [3.8, 4) is 17.1 Å². The van der Waals surface area contributed by atoms with E-state index >= 15 is 0 Å². The van der Waals surface area contributed by atoms with Crippen LogP contribution in [-0.2, 0) is 11.3 Å². The van der Waals surface area contributed by atoms with Crippen LogP contribution in [0.1, 0.15) is 36.0 Å². The van der Waals surface area contributed by atoms with E-state index in [-0.39, 0.29) is 24.5 Å². The fraction of sp³-hybridized carbons (Fsp3) is 0.360. The second-order valence-corrected chi connectivity index (χ2v) is 8.49. The van der Waals surface area contributed by atoms with Crippen LogP contribution < -0.4 is 4.74 Å². The lowest BCUT2D eigenvalue weighted by Crippen LogP contribution is -2.48. The Kier molecular flexibility index (Phi) is 7.92. The SMILES string of the molecule is CCOc1ccc(C(=O)CCC(=O)N2CCN(Cc3nc(-c4ccc(Cl)cc4)no3)CC2)cc1. The van der Waals surface area contributed by atoms with Gasteiger partial charge >= 0.3 is 0 Å². The molecule has 0 bridgehead atoms. The number of carbonyl (C=O) groups excluding carboxylic acids is 2. The lowest BCUT2D eigenvalue weighted by Gasteiger charge is -2.34. The molecule has 0 unspecified atom stereocenters. The summed E-state index contributed by atoms with van der Waals surface area (Å²) in [6, 6.07) is 14.3. The van der Waals surface area contributed by atoms with Crippen LogP contribution in [0.4, 0.5) is 0 Å². The fourth-order valence-electron chi connectivity index (χ4n) is 3.81. The third kappa shape index (κ3) is 6.21. The van der Waals surface area contributed by atoms with Crippen molar-refractivity contribution >= 4 is 23.3 Å². The van der Waals surface area contributed by atoms with E-state index in [1.54, 1.807) is 36.4 Å². The van der Waals surface area contributed by atoms with E-state index in [0.29, 0.717) is 61.6 Å². The molecular formula is C25H27ClN4O4. The number of amides is 1. The maximum absolute atomic E-state index is 12.6. The number of Topliss-reactive ketones (excluding diaryl/α,β-unsaturated/α-hetero) is 1. The van der Waals surface area contributed by atoms with Gasteiger partial charge in [0.2, 0.25) is 17.6 Å². The third-order valence-electron chi connectivity index (χ3n) is 5.71. The van der Waals surface area contributed by atoms with Crippen molar-refractivity contribution in [3.63, 3.8) is 0 Å². The molecule has 1 fully saturated rings. The van der Waals surface area contributed by atoms with Gasteiger partial charge in [0.15, 0.2) is 5.78 Å². The van der Waals surface area contributed by atoms with Gasteiger partial charge in [0.25, 0.3) is 0 Å². The molecule has 0 aliphatic carbocycles. The van der Waals surface area contributed by atoms with E-state index in [0.717, 1.165) is 11.3 Å². The molecule has 2 aromatic carbocycles. The molecule has 0 atom stereocenters. The van der Waals surface area contributed by atoms with Gasteiger partial charge < -0.3 is 14.2 Å². The second kappa shape index (κ2) is 11.3. The maximum Gasteiger partial charge on any atom is 0.241 e. The summed E-state index contributed by atoms with van der Waals surface area (Å²) >= 11 is 5.93. The minimum absolute atomic E-state index is 0.00162. The predicted octanol–water partition coefficient (Wildman–Crippen LogP) is 4.10. The highest BCUT2D eigenvalue weighted by Crippen LogP contribution is 2.20. The van der Waals surface area contributed by atoms with Crippen LogP contribution in [0.15, 0.2) is 53.1 Å². The number of carbonyl (C=O) groups is 2. The highest BCUT2D eigenvalue weighted by atomic mass is 35.5. The van der Waals surface area contributed by atoms with Crippen LogP contribution in [0.5, 0.6) is 5.75 Å². The highest BCUT2D eigenvalue weighted by Gasteiger charge is 2.23. The monoisotopic (exact) mass is 482 g/mol. The van der Waals surface area contributed by atoms with Crippen molar-refractivity contribution < 1.29 is 18.8 Å². The fourth-order valence-corrected chi connectivity index (χ4v) is 3.93. The molecule has 4 rings (SSSR count). The van der Waals surface area contributed by atoms with Gasteiger partial charge in [0, 0.05) is 55.2 Å². The molecule has 9 heteroatoms. The summed E-state index contributed by atoms with van der Waals surface area (Å²) in [6.45, 7) is 5.64. The van der Waals surface area contributed by atoms with Gasteiger partial charge in [-0.3, -0.25) is 14.5 Å². The summed E-state index contributed by atoms with van der Waals surface area (Å²) in [5.74, 6) is 1.75. The number of benzene rings is 2. The first-order chi connectivity index (χ1) is 16.5. The number of ether oxygens (including phenoxy) is 1. The highest BCUT2D eigenvalue weighted by molar-refractivity contribution is 6.30. The maximum atomic E-state index is 12.6. The lowest BCUT2D eigenvalue weighted by atomic mass is 10.1. The van der Waals surface area contributed by atoms with Gasteiger partial charge in [-0.15, -0.1) is 0 Å². The first kappa shape index (κ1) is 23.9. The average molecular weight is 483 g/mol. The van der Waals surface area contributed by atoms with Gasteiger partial charge in [-0.2, -0.15) is 4.98 Å². The first-order valence-corrected chi connectivity index (χ1v) is 11.7. The minimum atomic E-state index is -0.0390. The Morgan fingerprint density at radius 2 is 1.71 bits per heavy atom. The minimum Gasteiger partial charge on any atom is -0.494 e. The Balaban J connectivity index is 1.21. The number of hydrogen-bond acceptors (Lipinski definition) is 7. The first-order valence-electron chi connectivity index (χ1n) is 11.4. The zero-order valence-electron chi connectivity index (χ0n) is 19.1. The molecule has 0 saturated carbocycles. The van der Waals surface area contributed by atoms with Crippen LogP contribution in [0.25, 0.3) is 11.4 Å². The molecule has 0 N–H and O–H groups in total. The molecule has 34 heavy (non-hydrogen) atoms. The van der Waals surface area contributed by atoms with Gasteiger partial charge in [-0.1, -0.05) is 16.8 Å². The molecule has 0 radical (unpaired) electrons. The van der Waals surface area contributed by atoms with Crippen LogP contribution in [0.2, 0.25) is 5.02 Å². The molecule has 0 spiro atoms.